The molecule has 2 N–H and O–H groups in total. The number of rotatable bonds is 8. The lowest BCUT2D eigenvalue weighted by molar-refractivity contribution is 0.152. The molecule has 4 heterocycles. The van der Waals surface area contributed by atoms with Gasteiger partial charge in [-0.2, -0.15) is 0 Å². The lowest BCUT2D eigenvalue weighted by Gasteiger charge is -2.21. The summed E-state index contributed by atoms with van der Waals surface area (Å²) in [4.78, 5) is 26.9. The number of nitrogens with zero attached hydrogens (tertiary/aromatic N) is 6. The summed E-state index contributed by atoms with van der Waals surface area (Å²) in [6, 6.07) is 9.82. The molecule has 1 aliphatic rings. The van der Waals surface area contributed by atoms with Crippen LogP contribution in [0, 0.1) is 6.92 Å². The number of aromatic nitrogens is 5. The molecular weight excluding hydrogens is 502 g/mol. The second-order valence-electron chi connectivity index (χ2n) is 8.21. The zero-order chi connectivity index (χ0) is 24.2. The highest BCUT2D eigenvalue weighted by Gasteiger charge is 2.24. The maximum Gasteiger partial charge on any atom is 0.193 e. The largest absolute Gasteiger partial charge is 0.395 e. The Bertz CT molecular complexity index is 1300. The van der Waals surface area contributed by atoms with Crippen LogP contribution in [0.1, 0.15) is 24.2 Å². The second-order valence-corrected chi connectivity index (χ2v) is 10.7. The summed E-state index contributed by atoms with van der Waals surface area (Å²) < 4.78 is 0. The summed E-state index contributed by atoms with van der Waals surface area (Å²) in [6.45, 7) is 3.81. The van der Waals surface area contributed by atoms with Crippen LogP contribution in [-0.4, -0.2) is 54.1 Å². The second kappa shape index (κ2) is 11.0. The zero-order valence-corrected chi connectivity index (χ0v) is 21.4. The van der Waals surface area contributed by atoms with Crippen molar-refractivity contribution in [3.05, 3.63) is 65.3 Å². The molecule has 1 fully saturated rings. The van der Waals surface area contributed by atoms with Gasteiger partial charge in [-0.15, -0.1) is 0 Å². The molecule has 35 heavy (non-hydrogen) atoms. The quantitative estimate of drug-likeness (QED) is 0.300. The van der Waals surface area contributed by atoms with Crippen LogP contribution in [0.25, 0.3) is 10.6 Å². The number of hydrogen-bond acceptors (Lipinski definition) is 10. The SMILES string of the molecule is Cc1cc(-c2cnc(Nc3cnc(CN4CCCC4CO)cn3)s2)nc(Sc2ccccc2Cl)n1. The van der Waals surface area contributed by atoms with Crippen molar-refractivity contribution in [3.63, 3.8) is 0 Å². The molecular formula is C24H24ClN7OS2. The molecule has 11 heteroatoms. The first-order chi connectivity index (χ1) is 17.1. The highest BCUT2D eigenvalue weighted by molar-refractivity contribution is 7.99. The van der Waals surface area contributed by atoms with Gasteiger partial charge in [0.05, 0.1) is 40.3 Å². The van der Waals surface area contributed by atoms with Gasteiger partial charge in [0.2, 0.25) is 0 Å². The molecule has 3 aromatic heterocycles. The number of nitrogens with one attached hydrogen (secondary N) is 1. The molecule has 0 spiro atoms. The minimum atomic E-state index is 0.186. The Morgan fingerprint density at radius 1 is 1.17 bits per heavy atom. The van der Waals surface area contributed by atoms with Crippen molar-refractivity contribution in [1.82, 2.24) is 29.8 Å². The fourth-order valence-electron chi connectivity index (χ4n) is 3.92. The topological polar surface area (TPSA) is 100.0 Å². The summed E-state index contributed by atoms with van der Waals surface area (Å²) in [6.07, 6.45) is 7.42. The molecule has 5 rings (SSSR count). The van der Waals surface area contributed by atoms with E-state index in [1.165, 1.54) is 23.1 Å². The number of anilines is 2. The van der Waals surface area contributed by atoms with E-state index in [4.69, 9.17) is 16.6 Å². The van der Waals surface area contributed by atoms with Crippen LogP contribution in [0.2, 0.25) is 5.02 Å². The highest BCUT2D eigenvalue weighted by atomic mass is 35.5. The maximum absolute atomic E-state index is 9.51. The first-order valence-electron chi connectivity index (χ1n) is 11.2. The molecule has 1 saturated heterocycles. The zero-order valence-electron chi connectivity index (χ0n) is 19.1. The molecule has 0 bridgehead atoms. The van der Waals surface area contributed by atoms with Crippen molar-refractivity contribution >= 4 is 45.6 Å². The van der Waals surface area contributed by atoms with E-state index < -0.39 is 0 Å². The normalized spacial score (nSPS) is 16.0. The minimum Gasteiger partial charge on any atom is -0.395 e. The van der Waals surface area contributed by atoms with Gasteiger partial charge < -0.3 is 10.4 Å². The Morgan fingerprint density at radius 3 is 2.86 bits per heavy atom. The summed E-state index contributed by atoms with van der Waals surface area (Å²) >= 11 is 9.23. The van der Waals surface area contributed by atoms with Gasteiger partial charge in [0.1, 0.15) is 0 Å². The first kappa shape index (κ1) is 24.1. The predicted octanol–water partition coefficient (Wildman–Crippen LogP) is 5.20. The first-order valence-corrected chi connectivity index (χ1v) is 13.3. The number of hydrogen-bond donors (Lipinski definition) is 2. The molecule has 0 radical (unpaired) electrons. The van der Waals surface area contributed by atoms with Crippen LogP contribution in [0.3, 0.4) is 0 Å². The molecule has 1 aliphatic heterocycles. The van der Waals surface area contributed by atoms with E-state index in [9.17, 15) is 5.11 Å². The monoisotopic (exact) mass is 525 g/mol. The number of halogens is 1. The van der Waals surface area contributed by atoms with Crippen molar-refractivity contribution in [3.8, 4) is 10.6 Å². The van der Waals surface area contributed by atoms with E-state index in [1.807, 2.05) is 37.3 Å². The molecule has 0 saturated carbocycles. The van der Waals surface area contributed by atoms with Gasteiger partial charge in [-0.25, -0.2) is 19.9 Å². The van der Waals surface area contributed by atoms with Gasteiger partial charge in [-0.05, 0) is 56.3 Å². The summed E-state index contributed by atoms with van der Waals surface area (Å²) in [5, 5.41) is 14.8. The third-order valence-corrected chi connectivity index (χ3v) is 7.96. The van der Waals surface area contributed by atoms with Crippen molar-refractivity contribution < 1.29 is 5.11 Å². The van der Waals surface area contributed by atoms with Crippen molar-refractivity contribution in [2.24, 2.45) is 0 Å². The maximum atomic E-state index is 9.51. The van der Waals surface area contributed by atoms with Gasteiger partial charge in [0.15, 0.2) is 16.1 Å². The Kier molecular flexibility index (Phi) is 7.54. The summed E-state index contributed by atoms with van der Waals surface area (Å²) in [7, 11) is 0. The molecule has 1 atom stereocenters. The van der Waals surface area contributed by atoms with Crippen LogP contribution in [-0.2, 0) is 6.54 Å². The van der Waals surface area contributed by atoms with E-state index in [1.54, 1.807) is 18.6 Å². The Morgan fingerprint density at radius 2 is 2.06 bits per heavy atom. The number of aliphatic hydroxyl groups excluding tert-OH is 1. The van der Waals surface area contributed by atoms with Crippen LogP contribution in [0.15, 0.2) is 59.0 Å². The molecule has 1 aromatic carbocycles. The fourth-order valence-corrected chi connectivity index (χ4v) is 5.80. The molecule has 1 unspecified atom stereocenters. The third-order valence-electron chi connectivity index (χ3n) is 5.64. The number of aryl methyl sites for hydroxylation is 1. The van der Waals surface area contributed by atoms with E-state index in [2.05, 4.69) is 30.2 Å². The van der Waals surface area contributed by atoms with E-state index >= 15 is 0 Å². The fraction of sp³-hybridized carbons (Fsp3) is 0.292. The number of thiazole rings is 1. The number of benzene rings is 1. The van der Waals surface area contributed by atoms with Gasteiger partial charge in [-0.3, -0.25) is 9.88 Å². The smallest absolute Gasteiger partial charge is 0.193 e. The minimum absolute atomic E-state index is 0.186. The average Bonchev–Trinajstić information content (AvgIpc) is 3.51. The Hall–Kier alpha value is -2.63. The predicted molar refractivity (Wildman–Crippen MR) is 139 cm³/mol. The number of aliphatic hydroxyl groups is 1. The molecule has 180 valence electrons. The Balaban J connectivity index is 1.26. The van der Waals surface area contributed by atoms with Gasteiger partial charge >= 0.3 is 0 Å². The summed E-state index contributed by atoms with van der Waals surface area (Å²) in [5.41, 5.74) is 2.56. The molecule has 0 aliphatic carbocycles. The lowest BCUT2D eigenvalue weighted by atomic mass is 10.2. The molecule has 4 aromatic rings. The molecule has 8 nitrogen and oxygen atoms in total. The van der Waals surface area contributed by atoms with Crippen LogP contribution >= 0.6 is 34.7 Å². The van der Waals surface area contributed by atoms with Crippen LogP contribution in [0.4, 0.5) is 10.9 Å². The van der Waals surface area contributed by atoms with Gasteiger partial charge in [-0.1, -0.05) is 35.1 Å². The highest BCUT2D eigenvalue weighted by Crippen LogP contribution is 2.34. The summed E-state index contributed by atoms with van der Waals surface area (Å²) in [5.74, 6) is 0.628. The van der Waals surface area contributed by atoms with E-state index in [-0.39, 0.29) is 12.6 Å². The van der Waals surface area contributed by atoms with Crippen molar-refractivity contribution in [2.75, 3.05) is 18.5 Å². The van der Waals surface area contributed by atoms with E-state index in [0.717, 1.165) is 46.2 Å². The van der Waals surface area contributed by atoms with Gasteiger partial charge in [0.25, 0.3) is 0 Å². The third kappa shape index (κ3) is 5.96. The molecule has 0 amide bonds. The van der Waals surface area contributed by atoms with Crippen molar-refractivity contribution in [1.29, 1.82) is 0 Å². The lowest BCUT2D eigenvalue weighted by Crippen LogP contribution is -2.31. The van der Waals surface area contributed by atoms with Crippen LogP contribution < -0.4 is 5.32 Å². The number of likely N-dealkylation sites (tertiary alicyclic amines) is 1. The Labute approximate surface area is 216 Å². The average molecular weight is 526 g/mol. The van der Waals surface area contributed by atoms with Crippen LogP contribution in [0.5, 0.6) is 0 Å². The standard InChI is InChI=1S/C24H24ClN7OS2/c1-15-9-19(30-24(29-15)34-20-7-3-2-6-18(20)25)21-11-28-23(35-21)31-22-12-26-16(10-27-22)13-32-8-4-5-17(32)14-33/h2-3,6-7,9-12,17,33H,4-5,8,13-14H2,1H3,(H,27,28,31). The van der Waals surface area contributed by atoms with Crippen molar-refractivity contribution in [2.45, 2.75) is 42.4 Å². The van der Waals surface area contributed by atoms with Gasteiger partial charge in [0, 0.05) is 29.4 Å². The van der Waals surface area contributed by atoms with E-state index in [0.29, 0.717) is 27.7 Å².